The van der Waals surface area contributed by atoms with Gasteiger partial charge in [0.05, 0.1) is 6.21 Å². The molecule has 0 N–H and O–H groups in total. The molecule has 2 heterocycles. The lowest BCUT2D eigenvalue weighted by Crippen LogP contribution is -2.32. The fraction of sp³-hybridized carbons (Fsp3) is 0.375. The van der Waals surface area contributed by atoms with Crippen molar-refractivity contribution >= 4 is 18.0 Å². The van der Waals surface area contributed by atoms with Gasteiger partial charge >= 0.3 is 0 Å². The Morgan fingerprint density at radius 2 is 2.00 bits per heavy atom. The smallest absolute Gasteiger partial charge is 0.297 e. The molecule has 0 saturated heterocycles. The number of fused-ring (bicyclic) bond motifs is 1. The van der Waals surface area contributed by atoms with Crippen molar-refractivity contribution < 1.29 is 9.47 Å². The molecule has 1 aliphatic rings. The highest BCUT2D eigenvalue weighted by Crippen LogP contribution is 2.32. The molecule has 0 spiro atoms. The van der Waals surface area contributed by atoms with Gasteiger partial charge in [0.15, 0.2) is 11.5 Å². The number of ether oxygens (including phenoxy) is 2. The normalized spacial score (nSPS) is 13.7. The molecule has 1 aromatic heterocycles. The van der Waals surface area contributed by atoms with Gasteiger partial charge in [-0.25, -0.2) is 0 Å². The van der Waals surface area contributed by atoms with Gasteiger partial charge in [0.25, 0.3) is 5.56 Å². The van der Waals surface area contributed by atoms with Gasteiger partial charge in [-0.15, -0.1) is 10.2 Å². The molecule has 126 valence electrons. The van der Waals surface area contributed by atoms with Crippen molar-refractivity contribution in [2.45, 2.75) is 31.3 Å². The van der Waals surface area contributed by atoms with Gasteiger partial charge in [-0.05, 0) is 30.0 Å². The molecule has 0 bridgehead atoms. The number of aromatic nitrogens is 3. The van der Waals surface area contributed by atoms with Crippen LogP contribution in [0.5, 0.6) is 11.5 Å². The van der Waals surface area contributed by atoms with E-state index < -0.39 is 5.41 Å². The van der Waals surface area contributed by atoms with Crippen molar-refractivity contribution in [3.8, 4) is 11.5 Å². The van der Waals surface area contributed by atoms with Gasteiger partial charge in [-0.2, -0.15) is 9.78 Å². The Morgan fingerprint density at radius 1 is 1.25 bits per heavy atom. The second-order valence-electron chi connectivity index (χ2n) is 6.26. The summed E-state index contributed by atoms with van der Waals surface area (Å²) in [7, 11) is 0. The quantitative estimate of drug-likeness (QED) is 0.627. The van der Waals surface area contributed by atoms with Gasteiger partial charge in [0.1, 0.15) is 5.69 Å². The van der Waals surface area contributed by atoms with Crippen LogP contribution in [0.4, 0.5) is 0 Å². The monoisotopic (exact) mass is 346 g/mol. The van der Waals surface area contributed by atoms with Crippen LogP contribution in [0, 0.1) is 0 Å². The number of nitrogens with zero attached hydrogens (tertiary/aromatic N) is 4. The van der Waals surface area contributed by atoms with E-state index in [0.717, 1.165) is 5.56 Å². The van der Waals surface area contributed by atoms with E-state index in [1.807, 2.05) is 45.2 Å². The minimum absolute atomic E-state index is 0.217. The van der Waals surface area contributed by atoms with E-state index in [2.05, 4.69) is 15.3 Å². The van der Waals surface area contributed by atoms with E-state index in [9.17, 15) is 4.79 Å². The highest BCUT2D eigenvalue weighted by molar-refractivity contribution is 7.98. The summed E-state index contributed by atoms with van der Waals surface area (Å²) in [6.45, 7) is 5.98. The third kappa shape index (κ3) is 3.14. The van der Waals surface area contributed by atoms with E-state index >= 15 is 0 Å². The summed E-state index contributed by atoms with van der Waals surface area (Å²) < 4.78 is 11.9. The average Bonchev–Trinajstić information content (AvgIpc) is 2.99. The van der Waals surface area contributed by atoms with Gasteiger partial charge < -0.3 is 9.47 Å². The third-order valence-corrected chi connectivity index (χ3v) is 4.04. The second-order valence-corrected chi connectivity index (χ2v) is 7.03. The van der Waals surface area contributed by atoms with Crippen LogP contribution in [0.25, 0.3) is 0 Å². The van der Waals surface area contributed by atoms with Crippen LogP contribution in [0.2, 0.25) is 0 Å². The Bertz CT molecular complexity index is 855. The van der Waals surface area contributed by atoms with Crippen LogP contribution < -0.4 is 15.0 Å². The molecule has 3 rings (SSSR count). The van der Waals surface area contributed by atoms with Crippen molar-refractivity contribution in [1.29, 1.82) is 0 Å². The van der Waals surface area contributed by atoms with Crippen LogP contribution in [0.15, 0.2) is 33.3 Å². The van der Waals surface area contributed by atoms with E-state index in [-0.39, 0.29) is 12.4 Å². The van der Waals surface area contributed by atoms with Crippen LogP contribution >= 0.6 is 11.8 Å². The topological polar surface area (TPSA) is 78.6 Å². The highest BCUT2D eigenvalue weighted by Gasteiger charge is 2.23. The first-order valence-electron chi connectivity index (χ1n) is 7.38. The van der Waals surface area contributed by atoms with Gasteiger partial charge in [0.2, 0.25) is 11.9 Å². The minimum atomic E-state index is -0.406. The summed E-state index contributed by atoms with van der Waals surface area (Å²) in [4.78, 5) is 12.7. The maximum Gasteiger partial charge on any atom is 0.297 e. The standard InChI is InChI=1S/C16H18N4O3S/c1-16(2,3)13-14(21)20(15(24-4)19-18-13)17-8-10-5-6-11-12(7-10)23-9-22-11/h5-8H,9H2,1-4H3/b17-8-. The molecule has 2 aromatic rings. The summed E-state index contributed by atoms with van der Waals surface area (Å²) in [5.41, 5.74) is 0.506. The van der Waals surface area contributed by atoms with Crippen LogP contribution in [0.3, 0.4) is 0 Å². The Hall–Kier alpha value is -2.35. The molecule has 0 atom stereocenters. The van der Waals surface area contributed by atoms with Crippen molar-refractivity contribution in [2.24, 2.45) is 5.10 Å². The Morgan fingerprint density at radius 3 is 2.71 bits per heavy atom. The molecule has 0 aliphatic carbocycles. The molecule has 1 aliphatic heterocycles. The highest BCUT2D eigenvalue weighted by atomic mass is 32.2. The lowest BCUT2D eigenvalue weighted by Gasteiger charge is -2.16. The van der Waals surface area contributed by atoms with Gasteiger partial charge in [-0.1, -0.05) is 32.5 Å². The van der Waals surface area contributed by atoms with E-state index in [0.29, 0.717) is 22.3 Å². The molecule has 0 fully saturated rings. The van der Waals surface area contributed by atoms with E-state index in [1.54, 1.807) is 6.21 Å². The molecular formula is C16H18N4O3S. The minimum Gasteiger partial charge on any atom is -0.454 e. The fourth-order valence-corrected chi connectivity index (χ4v) is 2.61. The van der Waals surface area contributed by atoms with Gasteiger partial charge in [-0.3, -0.25) is 4.79 Å². The number of rotatable bonds is 3. The Labute approximate surface area is 143 Å². The molecule has 0 amide bonds. The second kappa shape index (κ2) is 6.27. The van der Waals surface area contributed by atoms with Crippen molar-refractivity contribution in [3.63, 3.8) is 0 Å². The molecule has 1 aromatic carbocycles. The zero-order valence-electron chi connectivity index (χ0n) is 13.9. The summed E-state index contributed by atoms with van der Waals surface area (Å²) >= 11 is 1.32. The summed E-state index contributed by atoms with van der Waals surface area (Å²) in [6.07, 6.45) is 3.42. The lowest BCUT2D eigenvalue weighted by molar-refractivity contribution is 0.174. The zero-order chi connectivity index (χ0) is 17.3. The summed E-state index contributed by atoms with van der Waals surface area (Å²) in [5, 5.41) is 12.9. The van der Waals surface area contributed by atoms with Crippen molar-refractivity contribution in [2.75, 3.05) is 13.0 Å². The summed E-state index contributed by atoms with van der Waals surface area (Å²) in [6, 6.07) is 5.47. The predicted molar refractivity (Wildman–Crippen MR) is 92.3 cm³/mol. The SMILES string of the molecule is CSc1nnc(C(C)(C)C)c(=O)n1/N=C\c1ccc2c(c1)OCO2. The predicted octanol–water partition coefficient (Wildman–Crippen LogP) is 2.27. The molecule has 0 radical (unpaired) electrons. The number of benzene rings is 1. The first-order chi connectivity index (χ1) is 11.4. The molecule has 0 saturated carbocycles. The van der Waals surface area contributed by atoms with Crippen molar-refractivity contribution in [3.05, 3.63) is 39.8 Å². The molecule has 0 unspecified atom stereocenters. The molecule has 8 heteroatoms. The molecular weight excluding hydrogens is 328 g/mol. The fourth-order valence-electron chi connectivity index (χ4n) is 2.18. The number of thioether (sulfide) groups is 1. The number of hydrogen-bond donors (Lipinski definition) is 0. The first-order valence-corrected chi connectivity index (χ1v) is 8.61. The zero-order valence-corrected chi connectivity index (χ0v) is 14.8. The maximum absolute atomic E-state index is 12.7. The molecule has 7 nitrogen and oxygen atoms in total. The maximum atomic E-state index is 12.7. The van der Waals surface area contributed by atoms with Crippen LogP contribution in [-0.4, -0.2) is 34.1 Å². The number of hydrogen-bond acceptors (Lipinski definition) is 7. The largest absolute Gasteiger partial charge is 0.454 e. The van der Waals surface area contributed by atoms with E-state index in [1.165, 1.54) is 16.4 Å². The lowest BCUT2D eigenvalue weighted by atomic mass is 9.93. The Balaban J connectivity index is 2.01. The first kappa shape index (κ1) is 16.5. The average molecular weight is 346 g/mol. The molecule has 24 heavy (non-hydrogen) atoms. The van der Waals surface area contributed by atoms with Crippen molar-refractivity contribution in [1.82, 2.24) is 14.9 Å². The van der Waals surface area contributed by atoms with E-state index in [4.69, 9.17) is 9.47 Å². The third-order valence-electron chi connectivity index (χ3n) is 3.42. The van der Waals surface area contributed by atoms with Crippen LogP contribution in [0.1, 0.15) is 32.0 Å². The van der Waals surface area contributed by atoms with Crippen LogP contribution in [-0.2, 0) is 5.41 Å². The van der Waals surface area contributed by atoms with Gasteiger partial charge in [0, 0.05) is 5.41 Å². The Kier molecular flexibility index (Phi) is 4.31. The summed E-state index contributed by atoms with van der Waals surface area (Å²) in [5.74, 6) is 1.37.